The van der Waals surface area contributed by atoms with Gasteiger partial charge in [-0.2, -0.15) is 0 Å². The Morgan fingerprint density at radius 3 is 2.68 bits per heavy atom. The third kappa shape index (κ3) is 6.99. The molecule has 0 saturated carbocycles. The van der Waals surface area contributed by atoms with Crippen molar-refractivity contribution in [3.8, 4) is 0 Å². The molecule has 0 fully saturated rings. The normalized spacial score (nSPS) is 12.8. The van der Waals surface area contributed by atoms with Crippen molar-refractivity contribution in [3.63, 3.8) is 0 Å². The molecule has 25 heavy (non-hydrogen) atoms. The van der Waals surface area contributed by atoms with Crippen molar-refractivity contribution in [3.05, 3.63) is 23.8 Å². The van der Waals surface area contributed by atoms with Gasteiger partial charge in [0.1, 0.15) is 4.90 Å². The maximum atomic E-state index is 12.6. The van der Waals surface area contributed by atoms with Crippen LogP contribution in [0.25, 0.3) is 0 Å². The Morgan fingerprint density at radius 2 is 2.08 bits per heavy atom. The summed E-state index contributed by atoms with van der Waals surface area (Å²) < 4.78 is 37.9. The zero-order valence-corrected chi connectivity index (χ0v) is 15.6. The van der Waals surface area contributed by atoms with E-state index in [2.05, 4.69) is 10.0 Å². The zero-order valence-electron chi connectivity index (χ0n) is 14.7. The second-order valence-corrected chi connectivity index (χ2v) is 7.15. The summed E-state index contributed by atoms with van der Waals surface area (Å²) in [5, 5.41) is 12.2. The number of ether oxygens (including phenoxy) is 2. The number of carboxylic acid groups (broad SMARTS) is 1. The highest BCUT2D eigenvalue weighted by atomic mass is 32.2. The van der Waals surface area contributed by atoms with Crippen LogP contribution in [0.2, 0.25) is 0 Å². The van der Waals surface area contributed by atoms with E-state index in [4.69, 9.17) is 14.6 Å². The Balaban J connectivity index is 3.02. The summed E-state index contributed by atoms with van der Waals surface area (Å²) in [5.74, 6) is -1.19. The van der Waals surface area contributed by atoms with Gasteiger partial charge in [-0.1, -0.05) is 0 Å². The van der Waals surface area contributed by atoms with Crippen molar-refractivity contribution >= 4 is 21.7 Å². The van der Waals surface area contributed by atoms with Crippen LogP contribution in [-0.4, -0.2) is 59.0 Å². The molecule has 0 aliphatic rings. The lowest BCUT2D eigenvalue weighted by molar-refractivity contribution is 0.0696. The van der Waals surface area contributed by atoms with Crippen molar-refractivity contribution in [1.29, 1.82) is 0 Å². The Hall–Kier alpha value is -1.68. The van der Waals surface area contributed by atoms with Gasteiger partial charge < -0.3 is 19.9 Å². The van der Waals surface area contributed by atoms with Crippen LogP contribution in [0.3, 0.4) is 0 Å². The lowest BCUT2D eigenvalue weighted by atomic mass is 10.2. The minimum Gasteiger partial charge on any atom is -0.478 e. The van der Waals surface area contributed by atoms with E-state index in [0.717, 1.165) is 6.07 Å². The minimum atomic E-state index is -3.90. The Kier molecular flexibility index (Phi) is 8.84. The average molecular weight is 374 g/mol. The van der Waals surface area contributed by atoms with Crippen LogP contribution in [0.1, 0.15) is 30.6 Å². The monoisotopic (exact) mass is 374 g/mol. The van der Waals surface area contributed by atoms with Crippen molar-refractivity contribution in [2.24, 2.45) is 0 Å². The van der Waals surface area contributed by atoms with Gasteiger partial charge in [0.2, 0.25) is 10.0 Å². The van der Waals surface area contributed by atoms with Crippen molar-refractivity contribution in [1.82, 2.24) is 4.72 Å². The fraction of sp³-hybridized carbons (Fsp3) is 0.562. The average Bonchev–Trinajstić information content (AvgIpc) is 2.54. The third-order valence-corrected chi connectivity index (χ3v) is 4.91. The number of aromatic carboxylic acids is 1. The number of benzene rings is 1. The first-order valence-electron chi connectivity index (χ1n) is 8.02. The number of nitrogens with one attached hydrogen (secondary N) is 2. The molecule has 142 valence electrons. The number of hydrogen-bond acceptors (Lipinski definition) is 6. The SMILES string of the molecule is CCOCCCNc1ccc(C(=O)O)cc1S(=O)(=O)NC(C)COC. The van der Waals surface area contributed by atoms with Crippen molar-refractivity contribution in [2.75, 3.05) is 38.8 Å². The van der Waals surface area contributed by atoms with Crippen molar-refractivity contribution < 1.29 is 27.8 Å². The third-order valence-electron chi connectivity index (χ3n) is 3.28. The molecule has 9 heteroatoms. The van der Waals surface area contributed by atoms with Gasteiger partial charge in [-0.15, -0.1) is 0 Å². The zero-order chi connectivity index (χ0) is 18.9. The molecule has 0 saturated heterocycles. The molecule has 0 heterocycles. The van der Waals surface area contributed by atoms with E-state index in [9.17, 15) is 13.2 Å². The summed E-state index contributed by atoms with van der Waals surface area (Å²) >= 11 is 0. The highest BCUT2D eigenvalue weighted by Gasteiger charge is 2.22. The van der Waals surface area contributed by atoms with Crippen LogP contribution in [-0.2, 0) is 19.5 Å². The number of sulfonamides is 1. The first-order valence-corrected chi connectivity index (χ1v) is 9.50. The van der Waals surface area contributed by atoms with E-state index in [-0.39, 0.29) is 17.1 Å². The summed E-state index contributed by atoms with van der Waals surface area (Å²) in [7, 11) is -2.43. The van der Waals surface area contributed by atoms with Crippen LogP contribution >= 0.6 is 0 Å². The minimum absolute atomic E-state index is 0.0976. The van der Waals surface area contributed by atoms with Gasteiger partial charge in [0.05, 0.1) is 17.9 Å². The second kappa shape index (κ2) is 10.3. The molecular weight excluding hydrogens is 348 g/mol. The summed E-state index contributed by atoms with van der Waals surface area (Å²) in [5.41, 5.74) is 0.248. The highest BCUT2D eigenvalue weighted by Crippen LogP contribution is 2.23. The summed E-state index contributed by atoms with van der Waals surface area (Å²) in [4.78, 5) is 11.1. The molecule has 1 aromatic carbocycles. The maximum absolute atomic E-state index is 12.6. The molecular formula is C16H26N2O6S. The lowest BCUT2D eigenvalue weighted by Gasteiger charge is -2.17. The van der Waals surface area contributed by atoms with Gasteiger partial charge in [-0.3, -0.25) is 0 Å². The summed E-state index contributed by atoms with van der Waals surface area (Å²) in [6, 6.07) is 3.52. The standard InChI is InChI=1S/C16H26N2O6S/c1-4-24-9-5-8-17-14-7-6-13(16(19)20)10-15(14)25(21,22)18-12(2)11-23-3/h6-7,10,12,17-18H,4-5,8-9,11H2,1-3H3,(H,19,20). The predicted octanol–water partition coefficient (Wildman–Crippen LogP) is 1.54. The molecule has 0 aliphatic carbocycles. The maximum Gasteiger partial charge on any atom is 0.335 e. The number of rotatable bonds is 12. The smallest absolute Gasteiger partial charge is 0.335 e. The molecule has 3 N–H and O–H groups in total. The lowest BCUT2D eigenvalue weighted by Crippen LogP contribution is -2.36. The van der Waals surface area contributed by atoms with Gasteiger partial charge in [-0.25, -0.2) is 17.9 Å². The molecule has 1 aromatic rings. The van der Waals surface area contributed by atoms with Crippen LogP contribution in [0.4, 0.5) is 5.69 Å². The molecule has 0 bridgehead atoms. The van der Waals surface area contributed by atoms with E-state index in [1.165, 1.54) is 19.2 Å². The number of anilines is 1. The molecule has 0 radical (unpaired) electrons. The van der Waals surface area contributed by atoms with Crippen LogP contribution in [0, 0.1) is 0 Å². The quantitative estimate of drug-likeness (QED) is 0.475. The topological polar surface area (TPSA) is 114 Å². The van der Waals surface area contributed by atoms with E-state index >= 15 is 0 Å². The molecule has 0 aliphatic heterocycles. The number of methoxy groups -OCH3 is 1. The van der Waals surface area contributed by atoms with Crippen LogP contribution in [0.15, 0.2) is 23.1 Å². The molecule has 0 spiro atoms. The number of carboxylic acids is 1. The molecule has 1 rings (SSSR count). The fourth-order valence-electron chi connectivity index (χ4n) is 2.18. The molecule has 0 aromatic heterocycles. The van der Waals surface area contributed by atoms with Gasteiger partial charge in [0.15, 0.2) is 0 Å². The van der Waals surface area contributed by atoms with E-state index in [0.29, 0.717) is 31.9 Å². The fourth-order valence-corrected chi connectivity index (χ4v) is 3.61. The largest absolute Gasteiger partial charge is 0.478 e. The van der Waals surface area contributed by atoms with Crippen LogP contribution in [0.5, 0.6) is 0 Å². The summed E-state index contributed by atoms with van der Waals surface area (Å²) in [6.45, 7) is 5.45. The second-order valence-electron chi connectivity index (χ2n) is 5.47. The van der Waals surface area contributed by atoms with E-state index < -0.39 is 22.0 Å². The Morgan fingerprint density at radius 1 is 1.36 bits per heavy atom. The number of hydrogen-bond donors (Lipinski definition) is 3. The summed E-state index contributed by atoms with van der Waals surface area (Å²) in [6.07, 6.45) is 0.696. The van der Waals surface area contributed by atoms with E-state index in [1.807, 2.05) is 6.92 Å². The molecule has 0 amide bonds. The number of carbonyl (C=O) groups is 1. The van der Waals surface area contributed by atoms with Crippen molar-refractivity contribution in [2.45, 2.75) is 31.2 Å². The molecule has 8 nitrogen and oxygen atoms in total. The van der Waals surface area contributed by atoms with Gasteiger partial charge in [-0.05, 0) is 38.5 Å². The first kappa shape index (κ1) is 21.4. The van der Waals surface area contributed by atoms with E-state index in [1.54, 1.807) is 6.92 Å². The van der Waals surface area contributed by atoms with Gasteiger partial charge in [0, 0.05) is 32.9 Å². The highest BCUT2D eigenvalue weighted by molar-refractivity contribution is 7.89. The Bertz CT molecular complexity index is 663. The first-order chi connectivity index (χ1) is 11.8. The molecule has 1 atom stereocenters. The van der Waals surface area contributed by atoms with Gasteiger partial charge >= 0.3 is 5.97 Å². The van der Waals surface area contributed by atoms with Crippen LogP contribution < -0.4 is 10.0 Å². The Labute approximate surface area is 148 Å². The van der Waals surface area contributed by atoms with Gasteiger partial charge in [0.25, 0.3) is 0 Å². The molecule has 1 unspecified atom stereocenters. The predicted molar refractivity (Wildman–Crippen MR) is 94.7 cm³/mol.